The first-order valence-corrected chi connectivity index (χ1v) is 19.9. The van der Waals surface area contributed by atoms with Crippen LogP contribution in [-0.2, 0) is 11.2 Å². The van der Waals surface area contributed by atoms with Gasteiger partial charge in [-0.05, 0) is 85.8 Å². The number of carbonyl (C=O) groups is 2. The number of pyridine rings is 1. The van der Waals surface area contributed by atoms with Crippen LogP contribution in [0.2, 0.25) is 0 Å². The summed E-state index contributed by atoms with van der Waals surface area (Å²) in [7, 11) is 0. The fourth-order valence-electron chi connectivity index (χ4n) is 9.28. The van der Waals surface area contributed by atoms with Crippen molar-refractivity contribution < 1.29 is 51.0 Å². The van der Waals surface area contributed by atoms with Crippen LogP contribution in [0.15, 0.2) is 54.7 Å². The second-order valence-corrected chi connectivity index (χ2v) is 16.3. The van der Waals surface area contributed by atoms with E-state index in [0.717, 1.165) is 18.6 Å². The van der Waals surface area contributed by atoms with Gasteiger partial charge in [-0.25, -0.2) is 27.2 Å². The molecule has 0 aliphatic carbocycles. The highest BCUT2D eigenvalue weighted by Gasteiger charge is 2.49. The molecule has 19 heteroatoms. The predicted molar refractivity (Wildman–Crippen MR) is 211 cm³/mol. The minimum Gasteiger partial charge on any atom is -0.461 e. The minimum absolute atomic E-state index is 0.00458. The number of nitrogens with zero attached hydrogens (tertiary/aromatic N) is 6. The maximum Gasteiger partial charge on any atom is 0.519 e. The average Bonchev–Trinajstić information content (AvgIpc) is 3.74. The molecule has 0 radical (unpaired) electrons. The molecule has 0 unspecified atom stereocenters. The number of aryl methyl sites for hydroxylation is 1. The Hall–Kier alpha value is -6.37. The summed E-state index contributed by atoms with van der Waals surface area (Å²) in [5, 5.41) is 14.5. The molecule has 4 atom stereocenters. The molecule has 7 heterocycles. The number of carbonyl (C=O) groups excluding carboxylic acids is 2. The Morgan fingerprint density at radius 3 is 2.62 bits per heavy atom. The van der Waals surface area contributed by atoms with Crippen LogP contribution in [0.5, 0.6) is 17.5 Å². The van der Waals surface area contributed by atoms with E-state index in [0.29, 0.717) is 18.4 Å². The third-order valence-corrected chi connectivity index (χ3v) is 11.9. The Balaban J connectivity index is 1.18. The Bertz CT molecular complexity index is 2590. The van der Waals surface area contributed by atoms with Crippen molar-refractivity contribution in [1.82, 2.24) is 25.2 Å². The molecule has 3 fully saturated rings. The second-order valence-electron chi connectivity index (χ2n) is 16.3. The van der Waals surface area contributed by atoms with Gasteiger partial charge in [0, 0.05) is 49.8 Å². The molecule has 318 valence electrons. The lowest BCUT2D eigenvalue weighted by Crippen LogP contribution is -2.60. The number of ether oxygens (including phenoxy) is 4. The van der Waals surface area contributed by atoms with E-state index in [9.17, 15) is 24.1 Å². The van der Waals surface area contributed by atoms with Crippen molar-refractivity contribution in [3.8, 4) is 28.8 Å². The van der Waals surface area contributed by atoms with Gasteiger partial charge < -0.3 is 29.2 Å². The molecule has 2 aromatic heterocycles. The fraction of sp³-hybridized carbons (Fsp3) is 0.405. The van der Waals surface area contributed by atoms with E-state index in [-0.39, 0.29) is 121 Å². The van der Waals surface area contributed by atoms with Crippen LogP contribution in [0.1, 0.15) is 44.6 Å². The molecule has 61 heavy (non-hydrogen) atoms. The zero-order chi connectivity index (χ0) is 42.6. The molecule has 5 aromatic rings. The maximum absolute atomic E-state index is 17.5. The van der Waals surface area contributed by atoms with E-state index in [2.05, 4.69) is 20.3 Å². The second kappa shape index (κ2) is 15.6. The summed E-state index contributed by atoms with van der Waals surface area (Å²) in [6.45, 7) is 2.36. The number of alkyl halides is 2. The maximum atomic E-state index is 17.5. The molecule has 5 aliphatic rings. The van der Waals surface area contributed by atoms with Crippen molar-refractivity contribution in [3.05, 3.63) is 82.0 Å². The molecule has 1 N–H and O–H groups in total. The lowest BCUT2D eigenvalue weighted by atomic mass is 9.90. The average molecular weight is 846 g/mol. The zero-order valence-electron chi connectivity index (χ0n) is 32.8. The van der Waals surface area contributed by atoms with Gasteiger partial charge in [0.15, 0.2) is 5.82 Å². The van der Waals surface area contributed by atoms with Crippen LogP contribution >= 0.6 is 0 Å². The summed E-state index contributed by atoms with van der Waals surface area (Å²) in [4.78, 5) is 53.9. The van der Waals surface area contributed by atoms with Crippen LogP contribution in [0.25, 0.3) is 32.9 Å². The largest absolute Gasteiger partial charge is 0.519 e. The normalized spacial score (nSPS) is 24.0. The van der Waals surface area contributed by atoms with E-state index in [1.54, 1.807) is 11.8 Å². The van der Waals surface area contributed by atoms with Crippen molar-refractivity contribution in [1.29, 1.82) is 0 Å². The quantitative estimate of drug-likeness (QED) is 0.0585. The van der Waals surface area contributed by atoms with Gasteiger partial charge in [-0.15, -0.1) is 0 Å². The number of nitrogens with one attached hydrogen (secondary N) is 1. The van der Waals surface area contributed by atoms with Crippen molar-refractivity contribution in [2.24, 2.45) is 0 Å². The van der Waals surface area contributed by atoms with Crippen LogP contribution in [0.3, 0.4) is 0 Å². The SMILES string of the molecule is C[C@@]12C[C@@H](F)CN(C1)c1nc(OC[C@@]34CCCN3C[C@H](F)C4)nc3c(F)c(ncc13)-c1cc(OC(=O)Oc3ccc([N+](=O)[O-])cc3)cc3ccc(F)c(c13)CCCOC(=O)N2. The molecule has 0 saturated carbocycles. The number of halogens is 4. The van der Waals surface area contributed by atoms with Crippen molar-refractivity contribution in [2.75, 3.05) is 44.3 Å². The lowest BCUT2D eigenvalue weighted by Gasteiger charge is -2.42. The molecular weight excluding hydrogens is 806 g/mol. The van der Waals surface area contributed by atoms with Crippen LogP contribution in [0.4, 0.5) is 38.7 Å². The summed E-state index contributed by atoms with van der Waals surface area (Å²) in [5.74, 6) is -1.74. The van der Waals surface area contributed by atoms with E-state index in [1.807, 2.05) is 4.90 Å². The van der Waals surface area contributed by atoms with Gasteiger partial charge in [0.05, 0.1) is 34.5 Å². The molecule has 10 rings (SSSR count). The summed E-state index contributed by atoms with van der Waals surface area (Å²) in [6.07, 6.45) is -1.35. The number of nitro benzene ring substituents is 1. The summed E-state index contributed by atoms with van der Waals surface area (Å²) < 4.78 is 86.3. The number of hydrogen-bond donors (Lipinski definition) is 1. The number of amides is 1. The molecule has 6 bridgehead atoms. The lowest BCUT2D eigenvalue weighted by molar-refractivity contribution is -0.384. The number of rotatable bonds is 6. The molecular formula is C42H39F4N7O8. The molecule has 15 nitrogen and oxygen atoms in total. The van der Waals surface area contributed by atoms with Crippen molar-refractivity contribution in [3.63, 3.8) is 0 Å². The first kappa shape index (κ1) is 40.1. The topological polar surface area (TPSA) is 171 Å². The Labute approximate surface area is 345 Å². The van der Waals surface area contributed by atoms with Gasteiger partial charge in [0.25, 0.3) is 5.69 Å². The first-order chi connectivity index (χ1) is 29.3. The van der Waals surface area contributed by atoms with Gasteiger partial charge >= 0.3 is 18.3 Å². The summed E-state index contributed by atoms with van der Waals surface area (Å²) in [5.41, 5.74) is -2.44. The zero-order valence-corrected chi connectivity index (χ0v) is 32.8. The smallest absolute Gasteiger partial charge is 0.461 e. The summed E-state index contributed by atoms with van der Waals surface area (Å²) in [6, 6.07) is 9.80. The number of benzene rings is 3. The van der Waals surface area contributed by atoms with Crippen LogP contribution in [-0.4, -0.2) is 99.8 Å². The minimum atomic E-state index is -1.46. The van der Waals surface area contributed by atoms with Crippen molar-refractivity contribution in [2.45, 2.75) is 68.9 Å². The van der Waals surface area contributed by atoms with Gasteiger partial charge in [-0.1, -0.05) is 6.07 Å². The Morgan fingerprint density at radius 1 is 1.03 bits per heavy atom. The third kappa shape index (κ3) is 7.77. The number of piperidine rings is 1. The van der Waals surface area contributed by atoms with E-state index in [1.165, 1.54) is 42.6 Å². The highest BCUT2D eigenvalue weighted by atomic mass is 19.1. The number of hydrogen-bond acceptors (Lipinski definition) is 13. The Kier molecular flexibility index (Phi) is 10.2. The first-order valence-electron chi connectivity index (χ1n) is 19.9. The van der Waals surface area contributed by atoms with Gasteiger partial charge in [-0.2, -0.15) is 9.97 Å². The van der Waals surface area contributed by atoms with Crippen molar-refractivity contribution >= 4 is 45.4 Å². The van der Waals surface area contributed by atoms with Crippen LogP contribution in [0, 0.1) is 21.7 Å². The Morgan fingerprint density at radius 2 is 1.82 bits per heavy atom. The molecule has 1 amide bonds. The number of fused-ring (bicyclic) bond motifs is 7. The number of alkyl carbamates (subject to hydrolysis) is 1. The van der Waals surface area contributed by atoms with Crippen LogP contribution < -0.4 is 24.4 Å². The molecule has 3 aromatic carbocycles. The van der Waals surface area contributed by atoms with Gasteiger partial charge in [0.1, 0.15) is 53.3 Å². The standard InChI is InChI=1S/C42H39F4N7O8/c1-41-16-24(43)19-51(21-41)37-31-18-47-35(34(46)36(31)48-38(49-37)59-22-42-11-3-12-52(42)20-25(44)17-42)30-15-28(61-40(55)60-27-8-6-26(7-9-27)53(56)57)14-23-5-10-32(45)29(33(23)30)4-2-13-58-39(54)50-41/h5-10,14-15,18,24-25H,2-4,11-13,16-17,19-22H2,1H3,(H,50,54)/t24-,25-,41-,42+/m1/s1. The number of aromatic nitrogens is 3. The number of nitro groups is 1. The highest BCUT2D eigenvalue weighted by Crippen LogP contribution is 2.43. The summed E-state index contributed by atoms with van der Waals surface area (Å²) >= 11 is 0. The van der Waals surface area contributed by atoms with Gasteiger partial charge in [-0.3, -0.25) is 20.0 Å². The van der Waals surface area contributed by atoms with E-state index in [4.69, 9.17) is 18.9 Å². The van der Waals surface area contributed by atoms with E-state index < -0.39 is 52.2 Å². The predicted octanol–water partition coefficient (Wildman–Crippen LogP) is 7.54. The third-order valence-electron chi connectivity index (χ3n) is 11.9. The fourth-order valence-corrected chi connectivity index (χ4v) is 9.28. The van der Waals surface area contributed by atoms with Gasteiger partial charge in [0.2, 0.25) is 0 Å². The molecule has 3 saturated heterocycles. The highest BCUT2D eigenvalue weighted by molar-refractivity contribution is 6.02. The molecule has 0 spiro atoms. The number of non-ortho nitro benzene ring substituents is 1. The molecule has 5 aliphatic heterocycles. The van der Waals surface area contributed by atoms with E-state index >= 15 is 13.2 Å². The number of anilines is 1. The monoisotopic (exact) mass is 845 g/mol.